The topological polar surface area (TPSA) is 50.4 Å². The van der Waals surface area contributed by atoms with Crippen LogP contribution in [0.3, 0.4) is 0 Å². The van der Waals surface area contributed by atoms with Gasteiger partial charge in [-0.05, 0) is 52.9 Å². The highest BCUT2D eigenvalue weighted by molar-refractivity contribution is 5.68. The average molecular weight is 298 g/mol. The normalized spacial score (nSPS) is 22.6. The SMILES string of the molecule is CCCC(CCC)NC1CCCC1NC(=O)OC(C)(C)C. The molecule has 0 saturated heterocycles. The molecule has 0 aliphatic heterocycles. The number of rotatable bonds is 7. The zero-order chi connectivity index (χ0) is 15.9. The van der Waals surface area contributed by atoms with Crippen LogP contribution in [-0.2, 0) is 4.74 Å². The largest absolute Gasteiger partial charge is 0.444 e. The maximum atomic E-state index is 11.9. The molecule has 0 radical (unpaired) electrons. The van der Waals surface area contributed by atoms with Crippen LogP contribution in [0.5, 0.6) is 0 Å². The number of carbonyl (C=O) groups excluding carboxylic acids is 1. The van der Waals surface area contributed by atoms with E-state index in [4.69, 9.17) is 4.74 Å². The van der Waals surface area contributed by atoms with E-state index >= 15 is 0 Å². The van der Waals surface area contributed by atoms with Gasteiger partial charge in [0.05, 0.1) is 0 Å². The predicted octanol–water partition coefficient (Wildman–Crippen LogP) is 3.99. The number of hydrogen-bond donors (Lipinski definition) is 2. The van der Waals surface area contributed by atoms with Crippen molar-refractivity contribution in [2.24, 2.45) is 0 Å². The zero-order valence-electron chi connectivity index (χ0n) is 14.5. The Morgan fingerprint density at radius 1 is 1.14 bits per heavy atom. The Morgan fingerprint density at radius 3 is 2.24 bits per heavy atom. The minimum atomic E-state index is -0.432. The van der Waals surface area contributed by atoms with Gasteiger partial charge in [-0.2, -0.15) is 0 Å². The van der Waals surface area contributed by atoms with Crippen LogP contribution in [0.2, 0.25) is 0 Å². The van der Waals surface area contributed by atoms with Crippen molar-refractivity contribution in [1.29, 1.82) is 0 Å². The molecule has 0 aromatic carbocycles. The Balaban J connectivity index is 2.48. The second-order valence-electron chi connectivity index (χ2n) is 7.23. The van der Waals surface area contributed by atoms with Gasteiger partial charge >= 0.3 is 6.09 Å². The number of ether oxygens (including phenoxy) is 1. The standard InChI is InChI=1S/C17H34N2O2/c1-6-9-13(10-7-2)18-14-11-8-12-15(14)19-16(20)21-17(3,4)5/h13-15,18H,6-12H2,1-5H3,(H,19,20). The quantitative estimate of drug-likeness (QED) is 0.747. The summed E-state index contributed by atoms with van der Waals surface area (Å²) in [6.07, 6.45) is 7.90. The fraction of sp³-hybridized carbons (Fsp3) is 0.941. The summed E-state index contributed by atoms with van der Waals surface area (Å²) in [7, 11) is 0. The van der Waals surface area contributed by atoms with Gasteiger partial charge in [0.2, 0.25) is 0 Å². The summed E-state index contributed by atoms with van der Waals surface area (Å²) >= 11 is 0. The molecule has 1 aliphatic rings. The lowest BCUT2D eigenvalue weighted by Crippen LogP contribution is -2.50. The Hall–Kier alpha value is -0.770. The number of amides is 1. The van der Waals surface area contributed by atoms with Crippen LogP contribution in [0.15, 0.2) is 0 Å². The van der Waals surface area contributed by atoms with E-state index in [0.29, 0.717) is 12.1 Å². The van der Waals surface area contributed by atoms with Gasteiger partial charge in [-0.25, -0.2) is 4.79 Å². The highest BCUT2D eigenvalue weighted by atomic mass is 16.6. The van der Waals surface area contributed by atoms with E-state index in [-0.39, 0.29) is 12.1 Å². The van der Waals surface area contributed by atoms with Gasteiger partial charge in [-0.3, -0.25) is 0 Å². The molecule has 2 atom stereocenters. The summed E-state index contributed by atoms with van der Waals surface area (Å²) in [5.41, 5.74) is -0.432. The third-order valence-corrected chi connectivity index (χ3v) is 3.94. The molecule has 0 spiro atoms. The fourth-order valence-electron chi connectivity index (χ4n) is 3.10. The molecule has 21 heavy (non-hydrogen) atoms. The third-order valence-electron chi connectivity index (χ3n) is 3.94. The molecule has 0 heterocycles. The van der Waals surface area contributed by atoms with Crippen LogP contribution < -0.4 is 10.6 Å². The molecule has 1 amide bonds. The maximum absolute atomic E-state index is 11.9. The monoisotopic (exact) mass is 298 g/mol. The third kappa shape index (κ3) is 7.16. The van der Waals surface area contributed by atoms with Gasteiger partial charge in [-0.1, -0.05) is 26.7 Å². The second-order valence-corrected chi connectivity index (χ2v) is 7.23. The smallest absolute Gasteiger partial charge is 0.407 e. The molecule has 1 aliphatic carbocycles. The lowest BCUT2D eigenvalue weighted by molar-refractivity contribution is 0.0496. The van der Waals surface area contributed by atoms with E-state index in [0.717, 1.165) is 12.8 Å². The zero-order valence-corrected chi connectivity index (χ0v) is 14.5. The summed E-state index contributed by atoms with van der Waals surface area (Å²) in [6, 6.07) is 1.17. The van der Waals surface area contributed by atoms with E-state index in [2.05, 4.69) is 24.5 Å². The van der Waals surface area contributed by atoms with Crippen molar-refractivity contribution < 1.29 is 9.53 Å². The van der Waals surface area contributed by atoms with E-state index < -0.39 is 5.60 Å². The molecule has 2 N–H and O–H groups in total. The van der Waals surface area contributed by atoms with Crippen molar-refractivity contribution >= 4 is 6.09 Å². The Labute approximate surface area is 130 Å². The van der Waals surface area contributed by atoms with Crippen molar-refractivity contribution in [2.45, 2.75) is 103 Å². The highest BCUT2D eigenvalue weighted by Gasteiger charge is 2.31. The maximum Gasteiger partial charge on any atom is 0.407 e. The van der Waals surface area contributed by atoms with Gasteiger partial charge < -0.3 is 15.4 Å². The number of hydrogen-bond acceptors (Lipinski definition) is 3. The first kappa shape index (κ1) is 18.3. The Bertz CT molecular complexity index is 306. The number of nitrogens with one attached hydrogen (secondary N) is 2. The van der Waals surface area contributed by atoms with Gasteiger partial charge in [0, 0.05) is 18.1 Å². The highest BCUT2D eigenvalue weighted by Crippen LogP contribution is 2.21. The van der Waals surface area contributed by atoms with Crippen LogP contribution in [0.4, 0.5) is 4.79 Å². The lowest BCUT2D eigenvalue weighted by Gasteiger charge is -2.28. The lowest BCUT2D eigenvalue weighted by atomic mass is 10.0. The molecular weight excluding hydrogens is 264 g/mol. The van der Waals surface area contributed by atoms with E-state index in [1.54, 1.807) is 0 Å². The molecule has 0 bridgehead atoms. The van der Waals surface area contributed by atoms with Crippen molar-refractivity contribution in [3.05, 3.63) is 0 Å². The number of alkyl carbamates (subject to hydrolysis) is 1. The van der Waals surface area contributed by atoms with Crippen molar-refractivity contribution in [3.8, 4) is 0 Å². The first-order valence-corrected chi connectivity index (χ1v) is 8.61. The van der Waals surface area contributed by atoms with Crippen LogP contribution in [-0.4, -0.2) is 29.8 Å². The molecule has 0 aromatic rings. The van der Waals surface area contributed by atoms with Gasteiger partial charge in [0.25, 0.3) is 0 Å². The minimum absolute atomic E-state index is 0.205. The minimum Gasteiger partial charge on any atom is -0.444 e. The molecule has 124 valence electrons. The summed E-state index contributed by atoms with van der Waals surface area (Å²) in [4.78, 5) is 11.9. The van der Waals surface area contributed by atoms with E-state index in [1.165, 1.54) is 32.1 Å². The second kappa shape index (κ2) is 8.62. The summed E-state index contributed by atoms with van der Waals surface area (Å²) in [5.74, 6) is 0. The van der Waals surface area contributed by atoms with Crippen LogP contribution in [0, 0.1) is 0 Å². The fourth-order valence-corrected chi connectivity index (χ4v) is 3.10. The summed E-state index contributed by atoms with van der Waals surface area (Å²) < 4.78 is 5.37. The molecule has 4 nitrogen and oxygen atoms in total. The Morgan fingerprint density at radius 2 is 1.71 bits per heavy atom. The van der Waals surface area contributed by atoms with Crippen LogP contribution in [0.25, 0.3) is 0 Å². The molecule has 1 fully saturated rings. The molecule has 2 unspecified atom stereocenters. The first-order chi connectivity index (χ1) is 9.85. The van der Waals surface area contributed by atoms with E-state index in [9.17, 15) is 4.79 Å². The van der Waals surface area contributed by atoms with Crippen molar-refractivity contribution in [3.63, 3.8) is 0 Å². The molecule has 0 aromatic heterocycles. The molecule has 1 saturated carbocycles. The molecule has 1 rings (SSSR count). The summed E-state index contributed by atoms with van der Waals surface area (Å²) in [5, 5.41) is 6.82. The summed E-state index contributed by atoms with van der Waals surface area (Å²) in [6.45, 7) is 10.2. The predicted molar refractivity (Wildman–Crippen MR) is 87.5 cm³/mol. The molecular formula is C17H34N2O2. The van der Waals surface area contributed by atoms with Gasteiger partial charge in [0.15, 0.2) is 0 Å². The molecule has 4 heteroatoms. The van der Waals surface area contributed by atoms with Crippen molar-refractivity contribution in [2.75, 3.05) is 0 Å². The number of carbonyl (C=O) groups is 1. The van der Waals surface area contributed by atoms with Crippen LogP contribution in [0.1, 0.15) is 79.6 Å². The van der Waals surface area contributed by atoms with E-state index in [1.807, 2.05) is 20.8 Å². The van der Waals surface area contributed by atoms with Crippen molar-refractivity contribution in [1.82, 2.24) is 10.6 Å². The van der Waals surface area contributed by atoms with Gasteiger partial charge in [-0.15, -0.1) is 0 Å². The van der Waals surface area contributed by atoms with Crippen LogP contribution >= 0.6 is 0 Å². The first-order valence-electron chi connectivity index (χ1n) is 8.61. The van der Waals surface area contributed by atoms with Gasteiger partial charge in [0.1, 0.15) is 5.60 Å². The average Bonchev–Trinajstić information content (AvgIpc) is 2.74. The Kier molecular flexibility index (Phi) is 7.50.